The highest BCUT2D eigenvalue weighted by atomic mass is 16.5. The summed E-state index contributed by atoms with van der Waals surface area (Å²) in [6, 6.07) is 13.6. The monoisotopic (exact) mass is 280 g/mol. The van der Waals surface area contributed by atoms with Crippen molar-refractivity contribution in [3.05, 3.63) is 77.7 Å². The van der Waals surface area contributed by atoms with Crippen LogP contribution in [0.4, 0.5) is 0 Å². The molecule has 0 amide bonds. The molecule has 0 bridgehead atoms. The second-order valence-corrected chi connectivity index (χ2v) is 4.88. The lowest BCUT2D eigenvalue weighted by atomic mass is 10.1. The Morgan fingerprint density at radius 2 is 1.86 bits per heavy atom. The molecule has 0 spiro atoms. The van der Waals surface area contributed by atoms with Gasteiger partial charge in [-0.2, -0.15) is 4.98 Å². The molecule has 106 valence electrons. The molecule has 3 aromatic rings. The van der Waals surface area contributed by atoms with Gasteiger partial charge < -0.3 is 10.3 Å². The summed E-state index contributed by atoms with van der Waals surface area (Å²) < 4.78 is 5.26. The molecule has 5 nitrogen and oxygen atoms in total. The molecule has 1 atom stereocenters. The third-order valence-electron chi connectivity index (χ3n) is 3.18. The van der Waals surface area contributed by atoms with Crippen molar-refractivity contribution in [2.24, 2.45) is 5.73 Å². The van der Waals surface area contributed by atoms with Crippen LogP contribution >= 0.6 is 0 Å². The number of hydrogen-bond donors (Lipinski definition) is 1. The van der Waals surface area contributed by atoms with E-state index in [4.69, 9.17) is 10.3 Å². The summed E-state index contributed by atoms with van der Waals surface area (Å²) in [6.07, 6.45) is 4.80. The Hall–Kier alpha value is -2.53. The first-order valence-electron chi connectivity index (χ1n) is 6.82. The molecule has 2 N–H and O–H groups in total. The third kappa shape index (κ3) is 3.52. The smallest absolute Gasteiger partial charge is 0.243 e. The number of aromatic nitrogens is 3. The first-order valence-corrected chi connectivity index (χ1v) is 6.82. The third-order valence-corrected chi connectivity index (χ3v) is 3.18. The second kappa shape index (κ2) is 6.28. The van der Waals surface area contributed by atoms with E-state index in [1.807, 2.05) is 42.5 Å². The fraction of sp³-hybridized carbons (Fsp3) is 0.188. The summed E-state index contributed by atoms with van der Waals surface area (Å²) >= 11 is 0. The maximum absolute atomic E-state index is 6.13. The molecule has 5 heteroatoms. The Morgan fingerprint density at radius 1 is 1.05 bits per heavy atom. The van der Waals surface area contributed by atoms with Gasteiger partial charge in [-0.25, -0.2) is 0 Å². The average molecular weight is 280 g/mol. The van der Waals surface area contributed by atoms with Crippen molar-refractivity contribution in [3.63, 3.8) is 0 Å². The number of nitrogens with two attached hydrogens (primary N) is 1. The molecule has 0 saturated carbocycles. The fourth-order valence-electron chi connectivity index (χ4n) is 2.13. The number of hydrogen-bond acceptors (Lipinski definition) is 5. The maximum Gasteiger partial charge on any atom is 0.243 e. The van der Waals surface area contributed by atoms with E-state index in [-0.39, 0.29) is 6.04 Å². The Balaban J connectivity index is 1.67. The van der Waals surface area contributed by atoms with Gasteiger partial charge >= 0.3 is 0 Å². The first kappa shape index (κ1) is 13.5. The minimum Gasteiger partial charge on any atom is -0.338 e. The Kier molecular flexibility index (Phi) is 4.02. The van der Waals surface area contributed by atoms with Crippen molar-refractivity contribution in [2.75, 3.05) is 0 Å². The predicted molar refractivity (Wildman–Crippen MR) is 78.4 cm³/mol. The summed E-state index contributed by atoms with van der Waals surface area (Å²) in [5, 5.41) is 3.98. The Bertz CT molecular complexity index is 682. The molecule has 2 aromatic heterocycles. The molecule has 21 heavy (non-hydrogen) atoms. The lowest BCUT2D eigenvalue weighted by molar-refractivity contribution is 0.350. The predicted octanol–water partition coefficient (Wildman–Crippen LogP) is 2.30. The number of pyridine rings is 1. The van der Waals surface area contributed by atoms with E-state index in [1.54, 1.807) is 12.4 Å². The van der Waals surface area contributed by atoms with E-state index >= 15 is 0 Å². The normalized spacial score (nSPS) is 12.2. The van der Waals surface area contributed by atoms with E-state index in [2.05, 4.69) is 15.1 Å². The van der Waals surface area contributed by atoms with Crippen LogP contribution in [0.25, 0.3) is 0 Å². The van der Waals surface area contributed by atoms with Gasteiger partial charge in [0.2, 0.25) is 5.89 Å². The molecular formula is C16H16N4O. The van der Waals surface area contributed by atoms with Gasteiger partial charge in [0.15, 0.2) is 5.82 Å². The highest BCUT2D eigenvalue weighted by molar-refractivity contribution is 5.17. The topological polar surface area (TPSA) is 77.8 Å². The molecule has 3 rings (SSSR count). The van der Waals surface area contributed by atoms with Crippen molar-refractivity contribution in [3.8, 4) is 0 Å². The lowest BCUT2D eigenvalue weighted by Crippen LogP contribution is -2.13. The van der Waals surface area contributed by atoms with E-state index in [9.17, 15) is 0 Å². The van der Waals surface area contributed by atoms with Gasteiger partial charge in [0.05, 0.1) is 6.04 Å². The number of rotatable bonds is 5. The molecule has 0 aliphatic rings. The van der Waals surface area contributed by atoms with Crippen LogP contribution < -0.4 is 5.73 Å². The molecule has 0 fully saturated rings. The van der Waals surface area contributed by atoms with Crippen molar-refractivity contribution in [1.82, 2.24) is 15.1 Å². The molecule has 0 unspecified atom stereocenters. The average Bonchev–Trinajstić information content (AvgIpc) is 2.98. The van der Waals surface area contributed by atoms with Crippen molar-refractivity contribution < 1.29 is 4.52 Å². The van der Waals surface area contributed by atoms with E-state index in [0.717, 1.165) is 11.1 Å². The van der Waals surface area contributed by atoms with Crippen molar-refractivity contribution in [2.45, 2.75) is 18.9 Å². The van der Waals surface area contributed by atoms with Crippen LogP contribution in [-0.2, 0) is 12.8 Å². The van der Waals surface area contributed by atoms with Crippen LogP contribution in [0.1, 0.15) is 28.9 Å². The Labute approximate surface area is 122 Å². The molecular weight excluding hydrogens is 264 g/mol. The second-order valence-electron chi connectivity index (χ2n) is 4.88. The lowest BCUT2D eigenvalue weighted by Gasteiger charge is -2.05. The molecule has 1 aromatic carbocycles. The summed E-state index contributed by atoms with van der Waals surface area (Å²) in [5.74, 6) is 1.10. The SMILES string of the molecule is N[C@@H](Cc1ccccc1)c1nc(Cc2cccnc2)no1. The summed E-state index contributed by atoms with van der Waals surface area (Å²) in [6.45, 7) is 0. The van der Waals surface area contributed by atoms with Crippen LogP contribution in [0, 0.1) is 0 Å². The Morgan fingerprint density at radius 3 is 2.62 bits per heavy atom. The zero-order valence-corrected chi connectivity index (χ0v) is 11.5. The van der Waals surface area contributed by atoms with E-state index < -0.39 is 0 Å². The highest BCUT2D eigenvalue weighted by Crippen LogP contribution is 2.15. The molecule has 0 aliphatic heterocycles. The van der Waals surface area contributed by atoms with Crippen molar-refractivity contribution >= 4 is 0 Å². The molecule has 0 saturated heterocycles. The fourth-order valence-corrected chi connectivity index (χ4v) is 2.13. The molecule has 0 radical (unpaired) electrons. The standard InChI is InChI=1S/C16H16N4O/c17-14(9-12-5-2-1-3-6-12)16-19-15(20-21-16)10-13-7-4-8-18-11-13/h1-8,11,14H,9-10,17H2/t14-/m0/s1. The van der Waals surface area contributed by atoms with Gasteiger partial charge in [-0.05, 0) is 23.6 Å². The number of benzene rings is 1. The molecule has 0 aliphatic carbocycles. The van der Waals surface area contributed by atoms with Crippen LogP contribution in [-0.4, -0.2) is 15.1 Å². The molecule has 2 heterocycles. The first-order chi connectivity index (χ1) is 10.3. The van der Waals surface area contributed by atoms with Crippen LogP contribution in [0.2, 0.25) is 0 Å². The zero-order chi connectivity index (χ0) is 14.5. The van der Waals surface area contributed by atoms with Crippen LogP contribution in [0.3, 0.4) is 0 Å². The summed E-state index contributed by atoms with van der Waals surface area (Å²) in [5.41, 5.74) is 8.32. The zero-order valence-electron chi connectivity index (χ0n) is 11.5. The van der Waals surface area contributed by atoms with Crippen molar-refractivity contribution in [1.29, 1.82) is 0 Å². The maximum atomic E-state index is 6.13. The van der Waals surface area contributed by atoms with Gasteiger partial charge in [0, 0.05) is 18.8 Å². The van der Waals surface area contributed by atoms with E-state index in [0.29, 0.717) is 24.6 Å². The van der Waals surface area contributed by atoms with Gasteiger partial charge in [-0.3, -0.25) is 4.98 Å². The minimum atomic E-state index is -0.289. The minimum absolute atomic E-state index is 0.289. The summed E-state index contributed by atoms with van der Waals surface area (Å²) in [4.78, 5) is 8.44. The van der Waals surface area contributed by atoms with Gasteiger partial charge in [0.25, 0.3) is 0 Å². The van der Waals surface area contributed by atoms with Gasteiger partial charge in [-0.1, -0.05) is 41.6 Å². The van der Waals surface area contributed by atoms with Crippen LogP contribution in [0.15, 0.2) is 59.4 Å². The van der Waals surface area contributed by atoms with Gasteiger partial charge in [-0.15, -0.1) is 0 Å². The van der Waals surface area contributed by atoms with Crippen LogP contribution in [0.5, 0.6) is 0 Å². The highest BCUT2D eigenvalue weighted by Gasteiger charge is 2.15. The number of nitrogens with zero attached hydrogens (tertiary/aromatic N) is 3. The largest absolute Gasteiger partial charge is 0.338 e. The summed E-state index contributed by atoms with van der Waals surface area (Å²) in [7, 11) is 0. The quantitative estimate of drug-likeness (QED) is 0.776. The van der Waals surface area contributed by atoms with E-state index in [1.165, 1.54) is 0 Å². The van der Waals surface area contributed by atoms with Gasteiger partial charge in [0.1, 0.15) is 0 Å².